The molecule has 148 valence electrons. The highest BCUT2D eigenvalue weighted by Crippen LogP contribution is 2.31. The Morgan fingerprint density at radius 3 is 2.50 bits per heavy atom. The first-order chi connectivity index (χ1) is 13.5. The Balaban J connectivity index is 1.77. The highest BCUT2D eigenvalue weighted by Gasteiger charge is 2.16. The minimum absolute atomic E-state index is 0.172. The first-order valence-electron chi connectivity index (χ1n) is 9.42. The van der Waals surface area contributed by atoms with E-state index < -0.39 is 0 Å². The molecule has 0 spiro atoms. The minimum Gasteiger partial charge on any atom is -0.497 e. The summed E-state index contributed by atoms with van der Waals surface area (Å²) in [6.45, 7) is 6.91. The summed E-state index contributed by atoms with van der Waals surface area (Å²) in [6, 6.07) is 13.0. The lowest BCUT2D eigenvalue weighted by atomic mass is 10.1. The third-order valence-corrected chi connectivity index (χ3v) is 4.49. The molecule has 1 aromatic heterocycles. The Morgan fingerprint density at radius 1 is 1.04 bits per heavy atom. The van der Waals surface area contributed by atoms with Gasteiger partial charge in [0.1, 0.15) is 11.4 Å². The molecule has 0 aliphatic carbocycles. The summed E-state index contributed by atoms with van der Waals surface area (Å²) in [6.07, 6.45) is 0. The number of H-pyrrole nitrogens is 1. The molecule has 1 heterocycles. The number of nitrogens with one attached hydrogen (secondary N) is 2. The van der Waals surface area contributed by atoms with Gasteiger partial charge in [-0.1, -0.05) is 6.07 Å². The molecule has 0 aliphatic heterocycles. The summed E-state index contributed by atoms with van der Waals surface area (Å²) in [5.41, 5.74) is 2.31. The van der Waals surface area contributed by atoms with Crippen molar-refractivity contribution in [2.75, 3.05) is 20.3 Å². The van der Waals surface area contributed by atoms with Crippen LogP contribution in [0, 0.1) is 0 Å². The van der Waals surface area contributed by atoms with Crippen molar-refractivity contribution in [1.82, 2.24) is 10.3 Å². The highest BCUT2D eigenvalue weighted by molar-refractivity contribution is 5.98. The van der Waals surface area contributed by atoms with E-state index in [2.05, 4.69) is 10.3 Å². The average molecular weight is 382 g/mol. The van der Waals surface area contributed by atoms with Gasteiger partial charge in [0.2, 0.25) is 0 Å². The molecule has 0 radical (unpaired) electrons. The molecule has 0 saturated carbocycles. The SMILES string of the molecule is CCOc1ccc(C(C)NC(=O)c2cc3ccc(OC)cc3[nH]2)cc1OCC. The fourth-order valence-electron chi connectivity index (χ4n) is 3.05. The third kappa shape index (κ3) is 4.22. The van der Waals surface area contributed by atoms with Crippen LogP contribution in [0.4, 0.5) is 0 Å². The summed E-state index contributed by atoms with van der Waals surface area (Å²) in [4.78, 5) is 15.9. The van der Waals surface area contributed by atoms with Gasteiger partial charge < -0.3 is 24.5 Å². The summed E-state index contributed by atoms with van der Waals surface area (Å²) in [5, 5.41) is 3.98. The predicted molar refractivity (Wildman–Crippen MR) is 110 cm³/mol. The van der Waals surface area contributed by atoms with Crippen molar-refractivity contribution in [2.24, 2.45) is 0 Å². The minimum atomic E-state index is -0.191. The van der Waals surface area contributed by atoms with Crippen LogP contribution in [0.3, 0.4) is 0 Å². The van der Waals surface area contributed by atoms with Gasteiger partial charge in [0.25, 0.3) is 5.91 Å². The molecule has 0 bridgehead atoms. The Hall–Kier alpha value is -3.15. The van der Waals surface area contributed by atoms with Crippen molar-refractivity contribution in [3.05, 3.63) is 53.7 Å². The van der Waals surface area contributed by atoms with E-state index in [9.17, 15) is 4.79 Å². The van der Waals surface area contributed by atoms with Crippen LogP contribution in [0.5, 0.6) is 17.2 Å². The normalized spacial score (nSPS) is 11.9. The molecule has 0 fully saturated rings. The largest absolute Gasteiger partial charge is 0.497 e. The zero-order chi connectivity index (χ0) is 20.1. The van der Waals surface area contributed by atoms with Gasteiger partial charge in [0.05, 0.1) is 26.4 Å². The first-order valence-corrected chi connectivity index (χ1v) is 9.42. The second kappa shape index (κ2) is 8.69. The fourth-order valence-corrected chi connectivity index (χ4v) is 3.05. The van der Waals surface area contributed by atoms with E-state index in [1.807, 2.05) is 63.2 Å². The summed E-state index contributed by atoms with van der Waals surface area (Å²) >= 11 is 0. The second-order valence-electron chi connectivity index (χ2n) is 6.40. The third-order valence-electron chi connectivity index (χ3n) is 4.49. The molecule has 0 saturated heterocycles. The van der Waals surface area contributed by atoms with Gasteiger partial charge in [0, 0.05) is 17.0 Å². The van der Waals surface area contributed by atoms with Crippen molar-refractivity contribution >= 4 is 16.8 Å². The maximum absolute atomic E-state index is 12.7. The van der Waals surface area contributed by atoms with E-state index in [4.69, 9.17) is 14.2 Å². The number of hydrogen-bond acceptors (Lipinski definition) is 4. The van der Waals surface area contributed by atoms with Crippen molar-refractivity contribution in [1.29, 1.82) is 0 Å². The van der Waals surface area contributed by atoms with E-state index in [0.29, 0.717) is 30.4 Å². The molecule has 6 heteroatoms. The number of amides is 1. The quantitative estimate of drug-likeness (QED) is 0.603. The van der Waals surface area contributed by atoms with E-state index in [0.717, 1.165) is 22.2 Å². The molecule has 2 aromatic carbocycles. The molecule has 3 aromatic rings. The summed E-state index contributed by atoms with van der Waals surface area (Å²) in [5.74, 6) is 1.96. The Morgan fingerprint density at radius 2 is 1.79 bits per heavy atom. The average Bonchev–Trinajstić information content (AvgIpc) is 3.13. The van der Waals surface area contributed by atoms with Crippen LogP contribution in [-0.2, 0) is 0 Å². The number of carbonyl (C=O) groups excluding carboxylic acids is 1. The molecular formula is C22H26N2O4. The zero-order valence-corrected chi connectivity index (χ0v) is 16.7. The highest BCUT2D eigenvalue weighted by atomic mass is 16.5. The van der Waals surface area contributed by atoms with Gasteiger partial charge in [-0.25, -0.2) is 0 Å². The number of methoxy groups -OCH3 is 1. The lowest BCUT2D eigenvalue weighted by Gasteiger charge is -2.17. The molecule has 0 aliphatic rings. The van der Waals surface area contributed by atoms with Crippen LogP contribution in [0.2, 0.25) is 0 Å². The van der Waals surface area contributed by atoms with Gasteiger partial charge in [-0.15, -0.1) is 0 Å². The van der Waals surface area contributed by atoms with Crippen LogP contribution in [0.15, 0.2) is 42.5 Å². The number of aromatic nitrogens is 1. The lowest BCUT2D eigenvalue weighted by Crippen LogP contribution is -2.26. The van der Waals surface area contributed by atoms with Crippen LogP contribution in [-0.4, -0.2) is 31.2 Å². The van der Waals surface area contributed by atoms with Crippen molar-refractivity contribution < 1.29 is 19.0 Å². The van der Waals surface area contributed by atoms with Gasteiger partial charge in [0.15, 0.2) is 11.5 Å². The second-order valence-corrected chi connectivity index (χ2v) is 6.40. The fraction of sp³-hybridized carbons (Fsp3) is 0.318. The molecule has 28 heavy (non-hydrogen) atoms. The molecule has 6 nitrogen and oxygen atoms in total. The van der Waals surface area contributed by atoms with Gasteiger partial charge in [-0.05, 0) is 56.7 Å². The van der Waals surface area contributed by atoms with Crippen LogP contribution in [0.1, 0.15) is 42.9 Å². The lowest BCUT2D eigenvalue weighted by molar-refractivity contribution is 0.0935. The summed E-state index contributed by atoms with van der Waals surface area (Å²) < 4.78 is 16.5. The van der Waals surface area contributed by atoms with Crippen LogP contribution >= 0.6 is 0 Å². The monoisotopic (exact) mass is 382 g/mol. The van der Waals surface area contributed by atoms with Gasteiger partial charge in [-0.2, -0.15) is 0 Å². The number of benzene rings is 2. The molecule has 1 amide bonds. The maximum Gasteiger partial charge on any atom is 0.268 e. The Kier molecular flexibility index (Phi) is 6.09. The Labute approximate surface area is 164 Å². The number of aromatic amines is 1. The zero-order valence-electron chi connectivity index (χ0n) is 16.7. The van der Waals surface area contributed by atoms with Crippen LogP contribution in [0.25, 0.3) is 10.9 Å². The molecule has 3 rings (SSSR count). The van der Waals surface area contributed by atoms with Crippen molar-refractivity contribution in [2.45, 2.75) is 26.8 Å². The molecule has 1 unspecified atom stereocenters. The van der Waals surface area contributed by atoms with E-state index in [-0.39, 0.29) is 11.9 Å². The maximum atomic E-state index is 12.7. The number of ether oxygens (including phenoxy) is 3. The standard InChI is InChI=1S/C22H26N2O4/c1-5-27-20-10-8-15(12-21(20)28-6-2)14(3)23-22(25)19-11-16-7-9-17(26-4)13-18(16)24-19/h7-14,24H,5-6H2,1-4H3,(H,23,25). The number of rotatable bonds is 8. The summed E-state index contributed by atoms with van der Waals surface area (Å²) in [7, 11) is 1.62. The van der Waals surface area contributed by atoms with Gasteiger partial charge in [-0.3, -0.25) is 4.79 Å². The molecular weight excluding hydrogens is 356 g/mol. The van der Waals surface area contributed by atoms with Gasteiger partial charge >= 0.3 is 0 Å². The van der Waals surface area contributed by atoms with E-state index in [1.165, 1.54) is 0 Å². The predicted octanol–water partition coefficient (Wildman–Crippen LogP) is 4.46. The molecule has 1 atom stereocenters. The smallest absolute Gasteiger partial charge is 0.268 e. The molecule has 2 N–H and O–H groups in total. The number of carbonyl (C=O) groups is 1. The van der Waals surface area contributed by atoms with E-state index >= 15 is 0 Å². The first kappa shape index (κ1) is 19.6. The van der Waals surface area contributed by atoms with Crippen LogP contribution < -0.4 is 19.5 Å². The Bertz CT molecular complexity index is 964. The van der Waals surface area contributed by atoms with Crippen molar-refractivity contribution in [3.63, 3.8) is 0 Å². The van der Waals surface area contributed by atoms with Crippen molar-refractivity contribution in [3.8, 4) is 17.2 Å². The number of hydrogen-bond donors (Lipinski definition) is 2. The van der Waals surface area contributed by atoms with E-state index in [1.54, 1.807) is 7.11 Å². The number of fused-ring (bicyclic) bond motifs is 1. The topological polar surface area (TPSA) is 72.6 Å².